The van der Waals surface area contributed by atoms with Crippen molar-refractivity contribution in [1.29, 1.82) is 0 Å². The quantitative estimate of drug-likeness (QED) is 0.371. The van der Waals surface area contributed by atoms with Crippen molar-refractivity contribution in [2.45, 2.75) is 123 Å². The maximum atomic E-state index is 13.8. The van der Waals surface area contributed by atoms with Gasteiger partial charge in [-0.2, -0.15) is 17.0 Å². The molecule has 0 aromatic carbocycles. The molecule has 0 spiro atoms. The summed E-state index contributed by atoms with van der Waals surface area (Å²) in [7, 11) is -3.69. The molecule has 3 fully saturated rings. The number of rotatable bonds is 4. The zero-order valence-electron chi connectivity index (χ0n) is 26.4. The van der Waals surface area contributed by atoms with Gasteiger partial charge in [-0.3, -0.25) is 9.59 Å². The number of thiazole rings is 1. The number of carbonyl (C=O) groups is 2. The number of carbonyl (C=O) groups excluding carboxylic acids is 2. The van der Waals surface area contributed by atoms with Crippen LogP contribution >= 0.6 is 11.3 Å². The minimum atomic E-state index is -3.69. The summed E-state index contributed by atoms with van der Waals surface area (Å²) in [5.41, 5.74) is 0.188. The third kappa shape index (κ3) is 7.76. The number of aliphatic hydroxyl groups excluding tert-OH is 2. The number of aryl methyl sites for hydroxylation is 1. The molecule has 0 aliphatic carbocycles. The molecule has 12 heteroatoms. The van der Waals surface area contributed by atoms with Gasteiger partial charge in [0.25, 0.3) is 10.2 Å². The van der Waals surface area contributed by atoms with E-state index in [9.17, 15) is 28.2 Å². The lowest BCUT2D eigenvalue weighted by molar-refractivity contribution is -0.154. The van der Waals surface area contributed by atoms with Crippen molar-refractivity contribution in [3.8, 4) is 0 Å². The van der Waals surface area contributed by atoms with E-state index in [-0.39, 0.29) is 30.2 Å². The summed E-state index contributed by atoms with van der Waals surface area (Å²) in [5, 5.41) is 24.9. The predicted molar refractivity (Wildman–Crippen MR) is 166 cm³/mol. The van der Waals surface area contributed by atoms with Gasteiger partial charge in [0.15, 0.2) is 0 Å². The van der Waals surface area contributed by atoms with Crippen LogP contribution in [0.5, 0.6) is 0 Å². The number of Topliss-reactive ketones (excluding diaryl/α,β-unsaturated/α-hetero) is 1. The molecule has 0 bridgehead atoms. The first-order valence-corrected chi connectivity index (χ1v) is 17.9. The molecule has 0 amide bonds. The molecule has 1 aromatic rings. The van der Waals surface area contributed by atoms with Crippen LogP contribution in [0.1, 0.15) is 96.7 Å². The molecule has 0 saturated carbocycles. The van der Waals surface area contributed by atoms with Gasteiger partial charge in [-0.1, -0.05) is 40.5 Å². The van der Waals surface area contributed by atoms with E-state index in [1.807, 2.05) is 32.2 Å². The lowest BCUT2D eigenvalue weighted by Gasteiger charge is -2.34. The summed E-state index contributed by atoms with van der Waals surface area (Å²) >= 11 is 1.51. The van der Waals surface area contributed by atoms with Gasteiger partial charge in [-0.25, -0.2) is 4.98 Å². The van der Waals surface area contributed by atoms with Crippen molar-refractivity contribution in [3.63, 3.8) is 0 Å². The van der Waals surface area contributed by atoms with Gasteiger partial charge in [-0.05, 0) is 57.1 Å². The molecule has 3 saturated heterocycles. The second-order valence-corrected chi connectivity index (χ2v) is 16.2. The lowest BCUT2D eigenvalue weighted by atomic mass is 9.73. The summed E-state index contributed by atoms with van der Waals surface area (Å²) in [5.74, 6) is -1.93. The number of hydrogen-bond acceptors (Lipinski definition) is 9. The normalized spacial score (nSPS) is 35.7. The fourth-order valence-electron chi connectivity index (χ4n) is 6.62. The zero-order valence-corrected chi connectivity index (χ0v) is 28.0. The third-order valence-electron chi connectivity index (χ3n) is 9.66. The van der Waals surface area contributed by atoms with Gasteiger partial charge >= 0.3 is 5.97 Å². The Hall–Kier alpha value is -1.70. The Morgan fingerprint density at radius 3 is 2.40 bits per heavy atom. The van der Waals surface area contributed by atoms with Crippen LogP contribution in [0.4, 0.5) is 0 Å². The summed E-state index contributed by atoms with van der Waals surface area (Å²) in [6.07, 6.45) is 3.36. The summed E-state index contributed by atoms with van der Waals surface area (Å²) in [6.45, 7) is 11.5. The summed E-state index contributed by atoms with van der Waals surface area (Å²) in [6, 6.07) is -0.594. The highest BCUT2D eigenvalue weighted by atomic mass is 32.2. The highest BCUT2D eigenvalue weighted by Gasteiger charge is 2.57. The molecule has 4 rings (SSSR count). The predicted octanol–water partition coefficient (Wildman–Crippen LogP) is 4.10. The first-order chi connectivity index (χ1) is 20.1. The number of esters is 1. The van der Waals surface area contributed by atoms with Crippen LogP contribution in [0.15, 0.2) is 11.0 Å². The molecule has 4 heterocycles. The molecular weight excluding hydrogens is 590 g/mol. The van der Waals surface area contributed by atoms with E-state index in [1.165, 1.54) is 11.3 Å². The smallest absolute Gasteiger partial charge is 0.309 e. The lowest BCUT2D eigenvalue weighted by Crippen LogP contribution is -2.45. The van der Waals surface area contributed by atoms with Gasteiger partial charge in [-0.15, -0.1) is 11.3 Å². The SMILES string of the molecule is C/C(=C\c1csc(C)n1)C1CC2C(CCCC(C)C(O)C(C)C(=O)C(C)(C)C(O)CC(=O)O1)N2S(=O)(=O)N1CCCCC1. The van der Waals surface area contributed by atoms with Crippen molar-refractivity contribution < 1.29 is 33.0 Å². The number of aliphatic hydroxyl groups is 2. The van der Waals surface area contributed by atoms with E-state index in [0.717, 1.165) is 35.5 Å². The topological polar surface area (TPSA) is 137 Å². The zero-order chi connectivity index (χ0) is 31.7. The Kier molecular flexibility index (Phi) is 10.9. The Labute approximate surface area is 260 Å². The number of aromatic nitrogens is 1. The number of nitrogens with zero attached hydrogens (tertiary/aromatic N) is 3. The third-order valence-corrected chi connectivity index (χ3v) is 12.5. The number of hydrogen-bond donors (Lipinski definition) is 2. The summed E-state index contributed by atoms with van der Waals surface area (Å²) < 4.78 is 36.7. The molecule has 10 nitrogen and oxygen atoms in total. The van der Waals surface area contributed by atoms with Gasteiger partial charge in [0.2, 0.25) is 0 Å². The molecule has 3 aliphatic heterocycles. The fourth-order valence-corrected chi connectivity index (χ4v) is 9.28. The summed E-state index contributed by atoms with van der Waals surface area (Å²) in [4.78, 5) is 31.2. The molecule has 3 aliphatic rings. The van der Waals surface area contributed by atoms with Crippen LogP contribution in [0.2, 0.25) is 0 Å². The molecule has 0 radical (unpaired) electrons. The highest BCUT2D eigenvalue weighted by Crippen LogP contribution is 2.43. The fraction of sp³-hybridized carbons (Fsp3) is 0.774. The van der Waals surface area contributed by atoms with Crippen molar-refractivity contribution >= 4 is 39.4 Å². The Morgan fingerprint density at radius 1 is 1.09 bits per heavy atom. The van der Waals surface area contributed by atoms with E-state index in [0.29, 0.717) is 32.4 Å². The number of fused-ring (bicyclic) bond motifs is 1. The maximum absolute atomic E-state index is 13.8. The van der Waals surface area contributed by atoms with E-state index >= 15 is 0 Å². The van der Waals surface area contributed by atoms with Gasteiger partial charge in [0.1, 0.15) is 11.9 Å². The largest absolute Gasteiger partial charge is 0.458 e. The van der Waals surface area contributed by atoms with Gasteiger partial charge < -0.3 is 14.9 Å². The number of ether oxygens (including phenoxy) is 1. The number of cyclic esters (lactones) is 1. The van der Waals surface area contributed by atoms with Crippen LogP contribution in [0.25, 0.3) is 6.08 Å². The molecule has 242 valence electrons. The average molecular weight is 640 g/mol. The molecule has 1 aromatic heterocycles. The van der Waals surface area contributed by atoms with Crippen molar-refractivity contribution in [2.75, 3.05) is 13.1 Å². The maximum Gasteiger partial charge on any atom is 0.309 e. The standard InChI is InChI=1S/C31H49N3O7S2/c1-19-11-10-12-24-25(34(24)43(39,40)33-13-8-7-9-14-33)16-26(20(2)15-23-18-42-22(4)32-23)41-28(36)17-27(35)31(5,6)30(38)21(3)29(19)37/h15,18-19,21,24-27,29,35,37H,7-14,16-17H2,1-6H3/b20-15+. The van der Waals surface area contributed by atoms with Crippen LogP contribution in [0, 0.1) is 24.2 Å². The van der Waals surface area contributed by atoms with E-state index in [1.54, 1.807) is 29.4 Å². The molecule has 2 N–H and O–H groups in total. The molecular formula is C31H49N3O7S2. The molecule has 8 atom stereocenters. The first-order valence-electron chi connectivity index (χ1n) is 15.6. The van der Waals surface area contributed by atoms with Crippen molar-refractivity contribution in [1.82, 2.24) is 13.6 Å². The minimum Gasteiger partial charge on any atom is -0.458 e. The minimum absolute atomic E-state index is 0.200. The van der Waals surface area contributed by atoms with Crippen LogP contribution < -0.4 is 0 Å². The van der Waals surface area contributed by atoms with E-state index in [2.05, 4.69) is 4.98 Å². The Balaban J connectivity index is 1.66. The van der Waals surface area contributed by atoms with Crippen molar-refractivity contribution in [3.05, 3.63) is 21.7 Å². The van der Waals surface area contributed by atoms with Gasteiger partial charge in [0.05, 0.1) is 34.7 Å². The second-order valence-electron chi connectivity index (χ2n) is 13.3. The number of piperidine rings is 1. The first kappa shape index (κ1) is 34.2. The van der Waals surface area contributed by atoms with Crippen molar-refractivity contribution in [2.24, 2.45) is 17.3 Å². The molecule has 43 heavy (non-hydrogen) atoms. The van der Waals surface area contributed by atoms with Gasteiger partial charge in [0, 0.05) is 42.9 Å². The molecule has 8 unspecified atom stereocenters. The average Bonchev–Trinajstić information content (AvgIpc) is 3.50. The van der Waals surface area contributed by atoms with Crippen LogP contribution in [-0.4, -0.2) is 87.5 Å². The van der Waals surface area contributed by atoms with Crippen LogP contribution in [-0.2, 0) is 24.5 Å². The van der Waals surface area contributed by atoms with Crippen LogP contribution in [0.3, 0.4) is 0 Å². The van der Waals surface area contributed by atoms with E-state index in [4.69, 9.17) is 4.74 Å². The highest BCUT2D eigenvalue weighted by molar-refractivity contribution is 7.87. The monoisotopic (exact) mass is 639 g/mol. The second kappa shape index (κ2) is 13.7. The number of ketones is 1. The van der Waals surface area contributed by atoms with E-state index < -0.39 is 52.2 Å². The Bertz CT molecular complexity index is 1290. The Morgan fingerprint density at radius 2 is 1.77 bits per heavy atom.